The van der Waals surface area contributed by atoms with Gasteiger partial charge in [0.1, 0.15) is 0 Å². The van der Waals surface area contributed by atoms with Crippen molar-refractivity contribution in [2.45, 2.75) is 6.92 Å². The third-order valence-electron chi connectivity index (χ3n) is 2.05. The van der Waals surface area contributed by atoms with Crippen LogP contribution in [0.1, 0.15) is 6.92 Å². The van der Waals surface area contributed by atoms with E-state index in [0.29, 0.717) is 0 Å². The first kappa shape index (κ1) is 14.2. The first-order valence-electron chi connectivity index (χ1n) is 5.33. The van der Waals surface area contributed by atoms with Gasteiger partial charge < -0.3 is 0 Å². The fraction of sp³-hybridized carbons (Fsp3) is 0.0667. The van der Waals surface area contributed by atoms with E-state index in [4.69, 9.17) is 0 Å². The molecule has 0 aliphatic heterocycles. The van der Waals surface area contributed by atoms with Crippen LogP contribution in [0.25, 0.3) is 0 Å². The maximum atomic E-state index is 3.81. The average Bonchev–Trinajstić information content (AvgIpc) is 2.32. The van der Waals surface area contributed by atoms with Gasteiger partial charge in [0.15, 0.2) is 7.28 Å². The molecule has 0 N–H and O–H groups in total. The summed E-state index contributed by atoms with van der Waals surface area (Å²) in [7, 11) is 0.881. The highest BCUT2D eigenvalue weighted by atomic mass is 13.8. The van der Waals surface area contributed by atoms with Crippen LogP contribution in [0, 0.1) is 0 Å². The number of hydrogen-bond donors (Lipinski definition) is 0. The summed E-state index contributed by atoms with van der Waals surface area (Å²) in [5.74, 6) is 0. The smallest absolute Gasteiger partial charge is 0.0996 e. The molecule has 0 aromatic rings. The monoisotopic (exact) mass is 210 g/mol. The molecule has 0 amide bonds. The lowest BCUT2D eigenvalue weighted by Crippen LogP contribution is -1.96. The van der Waals surface area contributed by atoms with Gasteiger partial charge in [-0.1, -0.05) is 85.4 Å². The second-order valence-electron chi connectivity index (χ2n) is 3.20. The van der Waals surface area contributed by atoms with Gasteiger partial charge >= 0.3 is 0 Å². The predicted octanol–water partition coefficient (Wildman–Crippen LogP) is 3.88. The molecule has 0 aliphatic rings. The summed E-state index contributed by atoms with van der Waals surface area (Å²) in [6.45, 7) is 13.1. The molecule has 16 heavy (non-hydrogen) atoms. The van der Waals surface area contributed by atoms with Crippen molar-refractivity contribution in [1.29, 1.82) is 0 Å². The van der Waals surface area contributed by atoms with E-state index >= 15 is 0 Å². The van der Waals surface area contributed by atoms with Crippen molar-refractivity contribution in [2.75, 3.05) is 0 Å². The number of allylic oxidation sites excluding steroid dienone is 11. The van der Waals surface area contributed by atoms with Gasteiger partial charge in [0, 0.05) is 0 Å². The van der Waals surface area contributed by atoms with Gasteiger partial charge in [-0.05, 0) is 6.92 Å². The first-order valence-corrected chi connectivity index (χ1v) is 5.33. The molecule has 82 valence electrons. The summed E-state index contributed by atoms with van der Waals surface area (Å²) in [6, 6.07) is 0. The van der Waals surface area contributed by atoms with Crippen LogP contribution < -0.4 is 0 Å². The van der Waals surface area contributed by atoms with Crippen LogP contribution in [0.15, 0.2) is 85.4 Å². The lowest BCUT2D eigenvalue weighted by Gasteiger charge is -1.99. The molecule has 0 aliphatic carbocycles. The Labute approximate surface area is 100 Å². The van der Waals surface area contributed by atoms with Crippen LogP contribution in [0.4, 0.5) is 0 Å². The molecule has 0 saturated heterocycles. The van der Waals surface area contributed by atoms with E-state index in [1.807, 2.05) is 37.3 Å². The van der Waals surface area contributed by atoms with Gasteiger partial charge in [-0.15, -0.1) is 0 Å². The number of rotatable bonds is 7. The molecule has 0 aromatic heterocycles. The molecule has 0 bridgehead atoms. The lowest BCUT2D eigenvalue weighted by molar-refractivity contribution is 1.67. The molecule has 0 fully saturated rings. The van der Waals surface area contributed by atoms with Crippen molar-refractivity contribution < 1.29 is 0 Å². The third-order valence-corrected chi connectivity index (χ3v) is 2.05. The minimum absolute atomic E-state index is 0.881. The van der Waals surface area contributed by atoms with Crippen molar-refractivity contribution in [3.63, 3.8) is 0 Å². The first-order chi connectivity index (χ1) is 7.78. The zero-order valence-corrected chi connectivity index (χ0v) is 10.0. The minimum atomic E-state index is 0.881. The van der Waals surface area contributed by atoms with Gasteiger partial charge in [-0.2, -0.15) is 0 Å². The van der Waals surface area contributed by atoms with Gasteiger partial charge in [0.05, 0.1) is 0 Å². The standard InChI is InChI=1S/C15H19B/c1-5-9-11-13-15(8-4)16-14(7-3)12-10-6-2/h5-13,16H,1-2,4H2,3H3/b11-9-,12-10-,14-7+,15-13+. The van der Waals surface area contributed by atoms with Gasteiger partial charge in [0.25, 0.3) is 0 Å². The molecule has 0 saturated carbocycles. The highest BCUT2D eigenvalue weighted by Crippen LogP contribution is 2.04. The predicted molar refractivity (Wildman–Crippen MR) is 77.9 cm³/mol. The second kappa shape index (κ2) is 9.79. The van der Waals surface area contributed by atoms with E-state index in [0.717, 1.165) is 7.28 Å². The highest BCUT2D eigenvalue weighted by molar-refractivity contribution is 6.55. The van der Waals surface area contributed by atoms with Crippen molar-refractivity contribution in [3.8, 4) is 0 Å². The van der Waals surface area contributed by atoms with E-state index in [1.165, 1.54) is 10.9 Å². The van der Waals surface area contributed by atoms with Gasteiger partial charge in [0.2, 0.25) is 0 Å². The molecule has 0 atom stereocenters. The van der Waals surface area contributed by atoms with E-state index < -0.39 is 0 Å². The minimum Gasteiger partial charge on any atom is -0.0996 e. The summed E-state index contributed by atoms with van der Waals surface area (Å²) in [5.41, 5.74) is 2.43. The van der Waals surface area contributed by atoms with Crippen LogP contribution in [0.2, 0.25) is 0 Å². The van der Waals surface area contributed by atoms with E-state index in [1.54, 1.807) is 12.2 Å². The largest absolute Gasteiger partial charge is 0.191 e. The third kappa shape index (κ3) is 6.66. The van der Waals surface area contributed by atoms with Gasteiger partial charge in [-0.25, -0.2) is 0 Å². The second-order valence-corrected chi connectivity index (χ2v) is 3.20. The zero-order valence-electron chi connectivity index (χ0n) is 10.0. The molecular formula is C15H19B. The maximum absolute atomic E-state index is 3.81. The Kier molecular flexibility index (Phi) is 8.71. The van der Waals surface area contributed by atoms with E-state index in [9.17, 15) is 0 Å². The van der Waals surface area contributed by atoms with Crippen molar-refractivity contribution in [2.24, 2.45) is 0 Å². The van der Waals surface area contributed by atoms with E-state index in [2.05, 4.69) is 31.9 Å². The molecule has 0 radical (unpaired) electrons. The Bertz CT molecular complexity index is 352. The molecule has 1 heteroatoms. The highest BCUT2D eigenvalue weighted by Gasteiger charge is 1.97. The Morgan fingerprint density at radius 3 is 2.12 bits per heavy atom. The number of hydrogen-bond acceptors (Lipinski definition) is 0. The summed E-state index contributed by atoms with van der Waals surface area (Å²) in [4.78, 5) is 0. The molecule has 0 spiro atoms. The summed E-state index contributed by atoms with van der Waals surface area (Å²) < 4.78 is 0. The SMILES string of the molecule is C=C/C=C\C=C(\BC(/C=C\C=C)=C/C)C=C. The van der Waals surface area contributed by atoms with Crippen molar-refractivity contribution >= 4 is 7.28 Å². The maximum Gasteiger partial charge on any atom is 0.191 e. The van der Waals surface area contributed by atoms with Crippen LogP contribution in [0.3, 0.4) is 0 Å². The fourth-order valence-electron chi connectivity index (χ4n) is 1.14. The van der Waals surface area contributed by atoms with Crippen LogP contribution in [0.5, 0.6) is 0 Å². The Hall–Kier alpha value is -1.76. The summed E-state index contributed by atoms with van der Waals surface area (Å²) >= 11 is 0. The zero-order chi connectivity index (χ0) is 12.2. The molecule has 0 aromatic carbocycles. The Morgan fingerprint density at radius 2 is 1.62 bits per heavy atom. The van der Waals surface area contributed by atoms with Gasteiger partial charge in [-0.3, -0.25) is 0 Å². The molecule has 0 unspecified atom stereocenters. The summed E-state index contributed by atoms with van der Waals surface area (Å²) in [6.07, 6.45) is 17.4. The Balaban J connectivity index is 4.63. The summed E-state index contributed by atoms with van der Waals surface area (Å²) in [5, 5.41) is 0. The van der Waals surface area contributed by atoms with E-state index in [-0.39, 0.29) is 0 Å². The molecule has 0 nitrogen and oxygen atoms in total. The van der Waals surface area contributed by atoms with Crippen LogP contribution in [-0.4, -0.2) is 7.28 Å². The molecule has 0 rings (SSSR count). The topological polar surface area (TPSA) is 0 Å². The molecular weight excluding hydrogens is 191 g/mol. The quantitative estimate of drug-likeness (QED) is 0.441. The Morgan fingerprint density at radius 1 is 0.938 bits per heavy atom. The fourth-order valence-corrected chi connectivity index (χ4v) is 1.14. The lowest BCUT2D eigenvalue weighted by atomic mass is 9.62. The van der Waals surface area contributed by atoms with Crippen molar-refractivity contribution in [3.05, 3.63) is 85.4 Å². The average molecular weight is 210 g/mol. The molecule has 0 heterocycles. The van der Waals surface area contributed by atoms with Crippen LogP contribution >= 0.6 is 0 Å². The van der Waals surface area contributed by atoms with Crippen molar-refractivity contribution in [1.82, 2.24) is 0 Å². The van der Waals surface area contributed by atoms with Crippen LogP contribution in [-0.2, 0) is 0 Å². The normalized spacial score (nSPS) is 13.1.